The van der Waals surface area contributed by atoms with Crippen molar-refractivity contribution >= 4 is 11.9 Å². The third-order valence-corrected chi connectivity index (χ3v) is 3.88. The van der Waals surface area contributed by atoms with Crippen molar-refractivity contribution in [2.75, 3.05) is 0 Å². The molecule has 0 unspecified atom stereocenters. The Kier molecular flexibility index (Phi) is 8.97. The molecule has 1 amide bonds. The van der Waals surface area contributed by atoms with Gasteiger partial charge in [-0.1, -0.05) is 27.7 Å². The van der Waals surface area contributed by atoms with Gasteiger partial charge in [0.25, 0.3) is 0 Å². The first-order valence-corrected chi connectivity index (χ1v) is 8.27. The maximum absolute atomic E-state index is 12.6. The molecular weight excluding hydrogens is 358 g/mol. The molecule has 4 nitrogen and oxygen atoms in total. The van der Waals surface area contributed by atoms with Crippen LogP contribution in [-0.4, -0.2) is 29.0 Å². The van der Waals surface area contributed by atoms with Gasteiger partial charge in [0.2, 0.25) is 5.91 Å². The monoisotopic (exact) mass is 383 g/mol. The SMILES string of the molecule is CC[C@H]1C(=O)O[C@H]([C]2[CH][CH][CH][CH]2)N1C(=O)C(C)(C)C.[CH]1[CH][CH][CH][CH]1.[Fe+2]. The Balaban J connectivity index is 0.000000448. The molecule has 1 heterocycles. The normalized spacial score (nSPS) is 26.7. The van der Waals surface area contributed by atoms with Crippen LogP contribution in [0.15, 0.2) is 0 Å². The Morgan fingerprint density at radius 3 is 1.92 bits per heavy atom. The van der Waals surface area contributed by atoms with E-state index in [9.17, 15) is 9.59 Å². The number of nitrogens with zero attached hydrogens (tertiary/aromatic N) is 1. The molecule has 0 aromatic rings. The molecule has 0 aromatic carbocycles. The minimum atomic E-state index is -0.584. The van der Waals surface area contributed by atoms with E-state index in [1.54, 1.807) is 4.90 Å². The van der Waals surface area contributed by atoms with Gasteiger partial charge < -0.3 is 4.74 Å². The Hall–Kier alpha value is -0.541. The van der Waals surface area contributed by atoms with Gasteiger partial charge in [-0.2, -0.15) is 0 Å². The van der Waals surface area contributed by atoms with Crippen molar-refractivity contribution in [1.29, 1.82) is 0 Å². The number of hydrogen-bond acceptors (Lipinski definition) is 3. The van der Waals surface area contributed by atoms with E-state index in [4.69, 9.17) is 4.74 Å². The number of carbonyl (C=O) groups excluding carboxylic acids is 2. The van der Waals surface area contributed by atoms with E-state index in [1.165, 1.54) is 0 Å². The molecular formula is C20H25FeNO3+2. The summed E-state index contributed by atoms with van der Waals surface area (Å²) in [6, 6.07) is -0.480. The van der Waals surface area contributed by atoms with E-state index >= 15 is 0 Å². The molecule has 134 valence electrons. The summed E-state index contributed by atoms with van der Waals surface area (Å²) in [6.07, 6.45) is 17.5. The summed E-state index contributed by atoms with van der Waals surface area (Å²) in [4.78, 5) is 26.1. The van der Waals surface area contributed by atoms with Gasteiger partial charge >= 0.3 is 23.0 Å². The molecule has 0 N–H and O–H groups in total. The Labute approximate surface area is 163 Å². The van der Waals surface area contributed by atoms with Crippen LogP contribution in [-0.2, 0) is 31.4 Å². The summed E-state index contributed by atoms with van der Waals surface area (Å²) >= 11 is 0. The van der Waals surface area contributed by atoms with Crippen molar-refractivity contribution in [2.24, 2.45) is 5.41 Å². The van der Waals surface area contributed by atoms with Crippen LogP contribution < -0.4 is 0 Å². The van der Waals surface area contributed by atoms with Crippen molar-refractivity contribution in [3.63, 3.8) is 0 Å². The van der Waals surface area contributed by atoms with E-state index in [1.807, 2.05) is 85.5 Å². The Morgan fingerprint density at radius 2 is 1.52 bits per heavy atom. The minimum Gasteiger partial charge on any atom is -0.439 e. The standard InChI is InChI=1S/C15H20NO3.C5H5.Fe/c1-5-11-13(17)19-12(10-8-6-7-9-10)16(11)14(18)15(2,3)4;1-2-4-5-3-1;/h6-9,11-12H,5H2,1-4H3;1-5H;/q;;+2/t11-,12+;;/m0../s1. The van der Waals surface area contributed by atoms with Gasteiger partial charge in [0, 0.05) is 11.3 Å². The summed E-state index contributed by atoms with van der Waals surface area (Å²) in [5, 5.41) is 0. The third-order valence-electron chi connectivity index (χ3n) is 3.88. The van der Waals surface area contributed by atoms with E-state index in [0.29, 0.717) is 6.42 Å². The molecule has 0 aromatic heterocycles. The van der Waals surface area contributed by atoms with Gasteiger partial charge in [-0.3, -0.25) is 9.69 Å². The van der Waals surface area contributed by atoms with Crippen molar-refractivity contribution in [2.45, 2.75) is 46.4 Å². The van der Waals surface area contributed by atoms with Crippen molar-refractivity contribution in [3.8, 4) is 0 Å². The molecule has 3 rings (SSSR count). The number of hydrogen-bond donors (Lipinski definition) is 0. The van der Waals surface area contributed by atoms with Gasteiger partial charge in [-0.25, -0.2) is 4.79 Å². The zero-order valence-corrected chi connectivity index (χ0v) is 16.2. The van der Waals surface area contributed by atoms with Gasteiger partial charge in [-0.15, -0.1) is 0 Å². The summed E-state index contributed by atoms with van der Waals surface area (Å²) < 4.78 is 5.40. The first-order chi connectivity index (χ1) is 11.4. The molecule has 0 bridgehead atoms. The largest absolute Gasteiger partial charge is 2.00 e. The number of cyclic esters (lactones) is 1. The van der Waals surface area contributed by atoms with Crippen LogP contribution >= 0.6 is 0 Å². The van der Waals surface area contributed by atoms with Gasteiger partial charge in [0.15, 0.2) is 6.23 Å². The van der Waals surface area contributed by atoms with Crippen LogP contribution in [0.2, 0.25) is 0 Å². The molecule has 2 aliphatic carbocycles. The average molecular weight is 383 g/mol. The van der Waals surface area contributed by atoms with Crippen LogP contribution in [0.25, 0.3) is 0 Å². The predicted octanol–water partition coefficient (Wildman–Crippen LogP) is 2.95. The van der Waals surface area contributed by atoms with E-state index in [2.05, 4.69) is 0 Å². The van der Waals surface area contributed by atoms with E-state index in [0.717, 1.165) is 5.92 Å². The number of rotatable bonds is 2. The summed E-state index contributed by atoms with van der Waals surface area (Å²) in [7, 11) is 0. The Morgan fingerprint density at radius 1 is 1.04 bits per heavy atom. The van der Waals surface area contributed by atoms with E-state index < -0.39 is 17.7 Å². The zero-order chi connectivity index (χ0) is 17.7. The maximum Gasteiger partial charge on any atom is 2.00 e. The van der Waals surface area contributed by atoms with Crippen LogP contribution in [0.1, 0.15) is 34.1 Å². The summed E-state index contributed by atoms with van der Waals surface area (Å²) in [5.74, 6) is 0.476. The molecule has 0 spiro atoms. The predicted molar refractivity (Wildman–Crippen MR) is 92.2 cm³/mol. The molecule has 2 atom stereocenters. The molecule has 1 saturated heterocycles. The number of amides is 1. The summed E-state index contributed by atoms with van der Waals surface area (Å²) in [5.41, 5.74) is -0.535. The first kappa shape index (κ1) is 22.5. The fourth-order valence-electron chi connectivity index (χ4n) is 2.62. The second-order valence-electron chi connectivity index (χ2n) is 6.86. The van der Waals surface area contributed by atoms with Crippen molar-refractivity contribution in [1.82, 2.24) is 4.90 Å². The van der Waals surface area contributed by atoms with Gasteiger partial charge in [0.1, 0.15) is 6.04 Å². The van der Waals surface area contributed by atoms with Crippen LogP contribution in [0.4, 0.5) is 0 Å². The molecule has 25 heavy (non-hydrogen) atoms. The molecule has 3 aliphatic rings. The maximum atomic E-state index is 12.6. The zero-order valence-electron chi connectivity index (χ0n) is 15.1. The smallest absolute Gasteiger partial charge is 0.439 e. The van der Waals surface area contributed by atoms with Crippen LogP contribution in [0, 0.1) is 69.1 Å². The minimum absolute atomic E-state index is 0. The quantitative estimate of drug-likeness (QED) is 0.544. The second kappa shape index (κ2) is 9.97. The fraction of sp³-hybridized carbons (Fsp3) is 0.400. The van der Waals surface area contributed by atoms with Gasteiger partial charge in [0.05, 0.1) is 0 Å². The third kappa shape index (κ3) is 5.72. The van der Waals surface area contributed by atoms with Crippen LogP contribution in [0.5, 0.6) is 0 Å². The van der Waals surface area contributed by atoms with Crippen molar-refractivity contribution in [3.05, 3.63) is 63.7 Å². The van der Waals surface area contributed by atoms with E-state index in [-0.39, 0.29) is 28.9 Å². The summed E-state index contributed by atoms with van der Waals surface area (Å²) in [6.45, 7) is 7.45. The number of ether oxygens (including phenoxy) is 1. The van der Waals surface area contributed by atoms with Crippen LogP contribution in [0.3, 0.4) is 0 Å². The first-order valence-electron chi connectivity index (χ1n) is 8.27. The topological polar surface area (TPSA) is 46.6 Å². The second-order valence-corrected chi connectivity index (χ2v) is 6.86. The van der Waals surface area contributed by atoms with Gasteiger partial charge in [-0.05, 0) is 64.2 Å². The molecule has 10 radical (unpaired) electrons. The Bertz CT molecular complexity index is 429. The average Bonchev–Trinajstić information content (AvgIpc) is 3.27. The number of carbonyl (C=O) groups is 2. The molecule has 2 saturated carbocycles. The number of esters is 1. The van der Waals surface area contributed by atoms with Crippen molar-refractivity contribution < 1.29 is 31.4 Å². The fourth-order valence-corrected chi connectivity index (χ4v) is 2.62. The molecule has 3 fully saturated rings. The molecule has 5 heteroatoms. The molecule has 1 aliphatic heterocycles.